The van der Waals surface area contributed by atoms with E-state index in [1.807, 2.05) is 18.2 Å². The lowest BCUT2D eigenvalue weighted by molar-refractivity contribution is -0.135. The fourth-order valence-electron chi connectivity index (χ4n) is 4.58. The van der Waals surface area contributed by atoms with Crippen LogP contribution in [0.3, 0.4) is 0 Å². The normalized spacial score (nSPS) is 20.9. The van der Waals surface area contributed by atoms with Crippen LogP contribution in [0.5, 0.6) is 0 Å². The van der Waals surface area contributed by atoms with Gasteiger partial charge >= 0.3 is 5.69 Å². The number of ketones is 1. The number of fused-ring (bicyclic) bond motifs is 1. The van der Waals surface area contributed by atoms with E-state index in [-0.39, 0.29) is 23.8 Å². The zero-order valence-corrected chi connectivity index (χ0v) is 16.8. The van der Waals surface area contributed by atoms with Crippen molar-refractivity contribution in [3.8, 4) is 0 Å². The quantitative estimate of drug-likeness (QED) is 0.788. The fraction of sp³-hybridized carbons (Fsp3) is 0.524. The molecule has 29 heavy (non-hydrogen) atoms. The molecule has 2 amide bonds. The standard InChI is InChI=1S/C21H26N4O4/c1-13(26)11-14-7-9-24(10-8-14)15-3-4-16-18(12-15)23(2)21(29)25(16)17-5-6-19(27)22-20(17)28/h3-4,12,14,17H,5-11H2,1-2H3,(H,22,27,28). The molecule has 0 bridgehead atoms. The van der Waals surface area contributed by atoms with Crippen LogP contribution in [0.4, 0.5) is 5.69 Å². The molecule has 2 aliphatic heterocycles. The lowest BCUT2D eigenvalue weighted by Crippen LogP contribution is -2.44. The second-order valence-corrected chi connectivity index (χ2v) is 8.19. The number of carbonyl (C=O) groups excluding carboxylic acids is 3. The summed E-state index contributed by atoms with van der Waals surface area (Å²) in [5, 5.41) is 2.33. The first kappa shape index (κ1) is 19.4. The number of amides is 2. The highest BCUT2D eigenvalue weighted by atomic mass is 16.2. The summed E-state index contributed by atoms with van der Waals surface area (Å²) in [6.07, 6.45) is 3.17. The molecule has 0 spiro atoms. The van der Waals surface area contributed by atoms with Gasteiger partial charge in [-0.2, -0.15) is 0 Å². The minimum absolute atomic E-state index is 0.229. The first-order valence-electron chi connectivity index (χ1n) is 10.1. The number of imidazole rings is 1. The van der Waals surface area contributed by atoms with Gasteiger partial charge in [0.1, 0.15) is 11.8 Å². The molecule has 0 aliphatic carbocycles. The lowest BCUT2D eigenvalue weighted by Gasteiger charge is -2.33. The second kappa shape index (κ2) is 7.50. The molecule has 0 radical (unpaired) electrons. The molecule has 4 rings (SSSR count). The van der Waals surface area contributed by atoms with E-state index >= 15 is 0 Å². The predicted octanol–water partition coefficient (Wildman–Crippen LogP) is 1.51. The monoisotopic (exact) mass is 398 g/mol. The maximum Gasteiger partial charge on any atom is 0.329 e. The minimum atomic E-state index is -0.669. The van der Waals surface area contributed by atoms with Crippen molar-refractivity contribution in [2.75, 3.05) is 18.0 Å². The number of nitrogens with zero attached hydrogens (tertiary/aromatic N) is 3. The Morgan fingerprint density at radius 3 is 2.48 bits per heavy atom. The van der Waals surface area contributed by atoms with E-state index in [1.54, 1.807) is 18.5 Å². The molecule has 3 heterocycles. The van der Waals surface area contributed by atoms with E-state index in [1.165, 1.54) is 4.57 Å². The summed E-state index contributed by atoms with van der Waals surface area (Å²) < 4.78 is 3.06. The summed E-state index contributed by atoms with van der Waals surface area (Å²) in [4.78, 5) is 50.3. The number of hydrogen-bond acceptors (Lipinski definition) is 5. The number of benzene rings is 1. The van der Waals surface area contributed by atoms with Crippen molar-refractivity contribution >= 4 is 34.3 Å². The van der Waals surface area contributed by atoms with Gasteiger partial charge in [-0.1, -0.05) is 0 Å². The molecule has 1 atom stereocenters. The lowest BCUT2D eigenvalue weighted by atomic mass is 9.92. The topological polar surface area (TPSA) is 93.4 Å². The number of Topliss-reactive ketones (excluding diaryl/α,β-unsaturated/α-hetero) is 1. The van der Waals surface area contributed by atoms with Crippen molar-refractivity contribution < 1.29 is 14.4 Å². The number of hydrogen-bond donors (Lipinski definition) is 1. The van der Waals surface area contributed by atoms with Crippen LogP contribution in [0.15, 0.2) is 23.0 Å². The number of rotatable bonds is 4. The molecule has 154 valence electrons. The Balaban J connectivity index is 1.62. The number of carbonyl (C=O) groups is 3. The summed E-state index contributed by atoms with van der Waals surface area (Å²) in [6.45, 7) is 3.41. The van der Waals surface area contributed by atoms with E-state index in [9.17, 15) is 19.2 Å². The molecule has 2 fully saturated rings. The summed E-state index contributed by atoms with van der Waals surface area (Å²) in [5.74, 6) is -0.0254. The smallest absolute Gasteiger partial charge is 0.329 e. The van der Waals surface area contributed by atoms with Crippen molar-refractivity contribution in [3.05, 3.63) is 28.7 Å². The second-order valence-electron chi connectivity index (χ2n) is 8.19. The Bertz CT molecular complexity index is 1040. The highest BCUT2D eigenvalue weighted by Crippen LogP contribution is 2.29. The average Bonchev–Trinajstić information content (AvgIpc) is 2.93. The van der Waals surface area contributed by atoms with Crippen molar-refractivity contribution in [2.24, 2.45) is 13.0 Å². The summed E-state index contributed by atoms with van der Waals surface area (Å²) in [5.41, 5.74) is 2.24. The third kappa shape index (κ3) is 3.59. The molecule has 2 saturated heterocycles. The van der Waals surface area contributed by atoms with E-state index in [2.05, 4.69) is 10.2 Å². The van der Waals surface area contributed by atoms with Gasteiger partial charge < -0.3 is 9.69 Å². The molecule has 1 aromatic heterocycles. The molecule has 2 aliphatic rings. The van der Waals surface area contributed by atoms with Crippen molar-refractivity contribution in [1.82, 2.24) is 14.5 Å². The molecule has 1 N–H and O–H groups in total. The minimum Gasteiger partial charge on any atom is -0.371 e. The molecule has 0 saturated carbocycles. The van der Waals surface area contributed by atoms with Crippen LogP contribution in [0.25, 0.3) is 11.0 Å². The van der Waals surface area contributed by atoms with Crippen LogP contribution in [0.1, 0.15) is 45.1 Å². The summed E-state index contributed by atoms with van der Waals surface area (Å²) in [6, 6.07) is 5.19. The summed E-state index contributed by atoms with van der Waals surface area (Å²) >= 11 is 0. The van der Waals surface area contributed by atoms with Crippen molar-refractivity contribution in [3.63, 3.8) is 0 Å². The van der Waals surface area contributed by atoms with Gasteiger partial charge in [0.2, 0.25) is 11.8 Å². The fourth-order valence-corrected chi connectivity index (χ4v) is 4.58. The molecule has 1 unspecified atom stereocenters. The Kier molecular flexibility index (Phi) is 5.02. The zero-order chi connectivity index (χ0) is 20.7. The maximum absolute atomic E-state index is 12.9. The van der Waals surface area contributed by atoms with Gasteiger partial charge in [-0.3, -0.25) is 24.0 Å². The van der Waals surface area contributed by atoms with E-state index in [4.69, 9.17) is 0 Å². The number of anilines is 1. The van der Waals surface area contributed by atoms with Crippen molar-refractivity contribution in [1.29, 1.82) is 0 Å². The number of piperidine rings is 2. The van der Waals surface area contributed by atoms with Gasteiger partial charge in [0.15, 0.2) is 0 Å². The van der Waals surface area contributed by atoms with Crippen LogP contribution in [-0.4, -0.2) is 39.8 Å². The van der Waals surface area contributed by atoms with E-state index in [0.29, 0.717) is 24.3 Å². The van der Waals surface area contributed by atoms with Gasteiger partial charge in [0.25, 0.3) is 0 Å². The maximum atomic E-state index is 12.9. The molecule has 8 nitrogen and oxygen atoms in total. The first-order valence-corrected chi connectivity index (χ1v) is 10.1. The van der Waals surface area contributed by atoms with Gasteiger partial charge in [-0.15, -0.1) is 0 Å². The molecule has 1 aromatic carbocycles. The third-order valence-electron chi connectivity index (χ3n) is 6.15. The molecular weight excluding hydrogens is 372 g/mol. The van der Waals surface area contributed by atoms with Crippen LogP contribution in [0, 0.1) is 5.92 Å². The third-order valence-corrected chi connectivity index (χ3v) is 6.15. The first-order chi connectivity index (χ1) is 13.8. The van der Waals surface area contributed by atoms with Gasteiger partial charge in [0.05, 0.1) is 11.0 Å². The van der Waals surface area contributed by atoms with Gasteiger partial charge in [-0.05, 0) is 50.3 Å². The Morgan fingerprint density at radius 1 is 1.10 bits per heavy atom. The average molecular weight is 398 g/mol. The number of nitrogens with one attached hydrogen (secondary N) is 1. The van der Waals surface area contributed by atoms with Crippen LogP contribution in [-0.2, 0) is 21.4 Å². The van der Waals surface area contributed by atoms with Crippen LogP contribution < -0.4 is 15.9 Å². The number of aryl methyl sites for hydroxylation is 1. The Morgan fingerprint density at radius 2 is 1.83 bits per heavy atom. The van der Waals surface area contributed by atoms with E-state index in [0.717, 1.165) is 37.1 Å². The SMILES string of the molecule is CC(=O)CC1CCN(c2ccc3c(c2)n(C)c(=O)n3C2CCC(=O)NC2=O)CC1. The largest absolute Gasteiger partial charge is 0.371 e. The highest BCUT2D eigenvalue weighted by Gasteiger charge is 2.31. The number of imide groups is 1. The van der Waals surface area contributed by atoms with Crippen molar-refractivity contribution in [2.45, 2.75) is 45.1 Å². The summed E-state index contributed by atoms with van der Waals surface area (Å²) in [7, 11) is 1.70. The zero-order valence-electron chi connectivity index (χ0n) is 16.8. The Hall–Kier alpha value is -2.90. The Labute approximate surface area is 168 Å². The molecule has 2 aromatic rings. The van der Waals surface area contributed by atoms with Gasteiger partial charge in [-0.25, -0.2) is 4.79 Å². The van der Waals surface area contributed by atoms with E-state index < -0.39 is 11.9 Å². The van der Waals surface area contributed by atoms with Gasteiger partial charge in [0, 0.05) is 38.7 Å². The van der Waals surface area contributed by atoms with Crippen LogP contribution >= 0.6 is 0 Å². The molecule has 8 heteroatoms. The predicted molar refractivity (Wildman–Crippen MR) is 109 cm³/mol. The van der Waals surface area contributed by atoms with Crippen LogP contribution in [0.2, 0.25) is 0 Å². The molecular formula is C21H26N4O4. The highest BCUT2D eigenvalue weighted by molar-refractivity contribution is 6.00. The number of aromatic nitrogens is 2.